The molecule has 0 aliphatic heterocycles. The summed E-state index contributed by atoms with van der Waals surface area (Å²) in [6.45, 7) is 2.24. The Morgan fingerprint density at radius 2 is 1.93 bits per heavy atom. The zero-order valence-corrected chi connectivity index (χ0v) is 16.0. The lowest BCUT2D eigenvalue weighted by Crippen LogP contribution is -2.18. The second kappa shape index (κ2) is 8.49. The standard InChI is InChI=1S/C19H17N3O5S/c1-3-27-15-7-5-4-6-12(15)18(24)22-10-8-14(21-22)16(23)20-17-13(9-11-28-17)19(25)26-2/h4-11H,3H2,1-2H3,(H,20,23). The van der Waals surface area contributed by atoms with Crippen molar-refractivity contribution >= 4 is 34.1 Å². The number of esters is 1. The van der Waals surface area contributed by atoms with Crippen molar-refractivity contribution in [3.63, 3.8) is 0 Å². The summed E-state index contributed by atoms with van der Waals surface area (Å²) in [6, 6.07) is 9.78. The molecule has 0 aliphatic rings. The van der Waals surface area contributed by atoms with E-state index in [1.807, 2.05) is 6.92 Å². The van der Waals surface area contributed by atoms with Gasteiger partial charge < -0.3 is 14.8 Å². The summed E-state index contributed by atoms with van der Waals surface area (Å²) in [5.74, 6) is -1.07. The molecule has 1 aromatic carbocycles. The fourth-order valence-electron chi connectivity index (χ4n) is 2.45. The van der Waals surface area contributed by atoms with Crippen molar-refractivity contribution in [3.05, 3.63) is 64.8 Å². The van der Waals surface area contributed by atoms with Crippen LogP contribution in [0.25, 0.3) is 0 Å². The predicted octanol–water partition coefficient (Wildman–Crippen LogP) is 3.07. The van der Waals surface area contributed by atoms with Crippen molar-refractivity contribution in [2.75, 3.05) is 19.0 Å². The van der Waals surface area contributed by atoms with Gasteiger partial charge in [-0.05, 0) is 36.6 Å². The fourth-order valence-corrected chi connectivity index (χ4v) is 3.22. The van der Waals surface area contributed by atoms with E-state index in [4.69, 9.17) is 4.74 Å². The van der Waals surface area contributed by atoms with E-state index in [0.717, 1.165) is 4.68 Å². The van der Waals surface area contributed by atoms with Crippen LogP contribution in [0.2, 0.25) is 0 Å². The number of thiophene rings is 1. The van der Waals surface area contributed by atoms with Crippen molar-refractivity contribution in [2.24, 2.45) is 0 Å². The van der Waals surface area contributed by atoms with Gasteiger partial charge in [-0.2, -0.15) is 5.10 Å². The van der Waals surface area contributed by atoms with Gasteiger partial charge in [0.1, 0.15) is 10.8 Å². The summed E-state index contributed by atoms with van der Waals surface area (Å²) in [4.78, 5) is 36.9. The summed E-state index contributed by atoms with van der Waals surface area (Å²) >= 11 is 1.18. The highest BCUT2D eigenvalue weighted by Crippen LogP contribution is 2.24. The minimum absolute atomic E-state index is 0.0338. The summed E-state index contributed by atoms with van der Waals surface area (Å²) in [6.07, 6.45) is 1.40. The number of para-hydroxylation sites is 1. The normalized spacial score (nSPS) is 10.4. The number of aromatic nitrogens is 2. The first-order valence-corrected chi connectivity index (χ1v) is 9.22. The number of hydrogen-bond acceptors (Lipinski definition) is 7. The second-order valence-corrected chi connectivity index (χ2v) is 6.41. The number of nitrogens with zero attached hydrogens (tertiary/aromatic N) is 2. The molecule has 3 aromatic rings. The quantitative estimate of drug-likeness (QED) is 0.640. The minimum Gasteiger partial charge on any atom is -0.493 e. The van der Waals surface area contributed by atoms with Gasteiger partial charge in [0, 0.05) is 6.20 Å². The van der Waals surface area contributed by atoms with Crippen molar-refractivity contribution < 1.29 is 23.9 Å². The maximum absolute atomic E-state index is 12.7. The van der Waals surface area contributed by atoms with E-state index in [1.165, 1.54) is 30.7 Å². The Morgan fingerprint density at radius 1 is 1.14 bits per heavy atom. The molecule has 144 valence electrons. The van der Waals surface area contributed by atoms with Crippen LogP contribution < -0.4 is 10.1 Å². The van der Waals surface area contributed by atoms with E-state index in [9.17, 15) is 14.4 Å². The Kier molecular flexibility index (Phi) is 5.85. The van der Waals surface area contributed by atoms with Crippen LogP contribution in [0.4, 0.5) is 5.00 Å². The lowest BCUT2D eigenvalue weighted by Gasteiger charge is -2.08. The van der Waals surface area contributed by atoms with E-state index in [2.05, 4.69) is 15.2 Å². The largest absolute Gasteiger partial charge is 0.493 e. The molecule has 0 bridgehead atoms. The zero-order valence-electron chi connectivity index (χ0n) is 15.2. The van der Waals surface area contributed by atoms with Crippen LogP contribution in [-0.4, -0.2) is 41.3 Å². The molecule has 8 nitrogen and oxygen atoms in total. The molecule has 1 N–H and O–H groups in total. The molecular weight excluding hydrogens is 382 g/mol. The van der Waals surface area contributed by atoms with Crippen molar-refractivity contribution in [2.45, 2.75) is 6.92 Å². The highest BCUT2D eigenvalue weighted by Gasteiger charge is 2.20. The maximum atomic E-state index is 12.7. The number of amides is 1. The van der Waals surface area contributed by atoms with Gasteiger partial charge in [-0.15, -0.1) is 11.3 Å². The molecular formula is C19H17N3O5S. The molecule has 0 atom stereocenters. The summed E-state index contributed by atoms with van der Waals surface area (Å²) < 4.78 is 11.2. The number of carbonyl (C=O) groups excluding carboxylic acids is 3. The van der Waals surface area contributed by atoms with Gasteiger partial charge in [0.15, 0.2) is 5.69 Å². The molecule has 3 rings (SSSR count). The fraction of sp³-hybridized carbons (Fsp3) is 0.158. The third kappa shape index (κ3) is 3.94. The average Bonchev–Trinajstić information content (AvgIpc) is 3.37. The highest BCUT2D eigenvalue weighted by molar-refractivity contribution is 7.14. The van der Waals surface area contributed by atoms with E-state index in [0.29, 0.717) is 22.9 Å². The van der Waals surface area contributed by atoms with Crippen LogP contribution in [-0.2, 0) is 4.74 Å². The Labute approximate surface area is 164 Å². The molecule has 0 fully saturated rings. The highest BCUT2D eigenvalue weighted by atomic mass is 32.1. The van der Waals surface area contributed by atoms with Crippen LogP contribution in [0.15, 0.2) is 48.0 Å². The number of rotatable bonds is 6. The SMILES string of the molecule is CCOc1ccccc1C(=O)n1ccc(C(=O)Nc2sccc2C(=O)OC)n1. The number of benzene rings is 1. The molecule has 0 spiro atoms. The first kappa shape index (κ1) is 19.3. The molecule has 0 aliphatic carbocycles. The zero-order chi connectivity index (χ0) is 20.1. The van der Waals surface area contributed by atoms with Gasteiger partial charge in [0.25, 0.3) is 11.8 Å². The molecule has 1 amide bonds. The third-order valence-corrected chi connectivity index (χ3v) is 4.57. The Bertz CT molecular complexity index is 1020. The summed E-state index contributed by atoms with van der Waals surface area (Å²) in [5.41, 5.74) is 0.624. The molecule has 9 heteroatoms. The van der Waals surface area contributed by atoms with Gasteiger partial charge in [-0.25, -0.2) is 9.48 Å². The Morgan fingerprint density at radius 3 is 2.68 bits per heavy atom. The smallest absolute Gasteiger partial charge is 0.340 e. The van der Waals surface area contributed by atoms with Gasteiger partial charge in [0.05, 0.1) is 24.8 Å². The van der Waals surface area contributed by atoms with Crippen LogP contribution in [0, 0.1) is 0 Å². The first-order valence-electron chi connectivity index (χ1n) is 8.34. The number of carbonyl (C=O) groups is 3. The Balaban J connectivity index is 1.79. The lowest BCUT2D eigenvalue weighted by molar-refractivity contribution is 0.0602. The van der Waals surface area contributed by atoms with Crippen molar-refractivity contribution in [1.82, 2.24) is 9.78 Å². The number of ether oxygens (including phenoxy) is 2. The van der Waals surface area contributed by atoms with Crippen LogP contribution in [0.1, 0.15) is 38.1 Å². The van der Waals surface area contributed by atoms with E-state index in [-0.39, 0.29) is 11.3 Å². The summed E-state index contributed by atoms with van der Waals surface area (Å²) in [7, 11) is 1.26. The molecule has 2 aromatic heterocycles. The van der Waals surface area contributed by atoms with E-state index >= 15 is 0 Å². The van der Waals surface area contributed by atoms with Crippen LogP contribution in [0.5, 0.6) is 5.75 Å². The average molecular weight is 399 g/mol. The molecule has 28 heavy (non-hydrogen) atoms. The second-order valence-electron chi connectivity index (χ2n) is 5.49. The van der Waals surface area contributed by atoms with Gasteiger partial charge in [-0.1, -0.05) is 12.1 Å². The van der Waals surface area contributed by atoms with Gasteiger partial charge in [0.2, 0.25) is 0 Å². The number of methoxy groups -OCH3 is 1. The molecule has 0 unspecified atom stereocenters. The van der Waals surface area contributed by atoms with Gasteiger partial charge >= 0.3 is 5.97 Å². The molecule has 0 saturated heterocycles. The van der Waals surface area contributed by atoms with Crippen LogP contribution in [0.3, 0.4) is 0 Å². The number of nitrogens with one attached hydrogen (secondary N) is 1. The Hall–Kier alpha value is -3.46. The molecule has 2 heterocycles. The summed E-state index contributed by atoms with van der Waals surface area (Å²) in [5, 5.41) is 8.67. The maximum Gasteiger partial charge on any atom is 0.340 e. The monoisotopic (exact) mass is 399 g/mol. The predicted molar refractivity (Wildman–Crippen MR) is 103 cm³/mol. The molecule has 0 radical (unpaired) electrons. The minimum atomic E-state index is -0.551. The van der Waals surface area contributed by atoms with E-state index < -0.39 is 17.8 Å². The van der Waals surface area contributed by atoms with Crippen molar-refractivity contribution in [1.29, 1.82) is 0 Å². The van der Waals surface area contributed by atoms with Crippen LogP contribution >= 0.6 is 11.3 Å². The lowest BCUT2D eigenvalue weighted by atomic mass is 10.2. The van der Waals surface area contributed by atoms with Crippen molar-refractivity contribution in [3.8, 4) is 5.75 Å². The van der Waals surface area contributed by atoms with E-state index in [1.54, 1.807) is 35.7 Å². The topological polar surface area (TPSA) is 99.5 Å². The number of anilines is 1. The molecule has 0 saturated carbocycles. The third-order valence-electron chi connectivity index (χ3n) is 3.74. The first-order chi connectivity index (χ1) is 13.5. The number of hydrogen-bond donors (Lipinski definition) is 1. The van der Waals surface area contributed by atoms with Gasteiger partial charge in [-0.3, -0.25) is 9.59 Å².